The summed E-state index contributed by atoms with van der Waals surface area (Å²) in [5.41, 5.74) is 10.9. The Morgan fingerprint density at radius 2 is 0.947 bits per heavy atom. The molecule has 0 bridgehead atoms. The lowest BCUT2D eigenvalue weighted by atomic mass is 9.94. The monoisotopic (exact) mass is 549 g/mol. The van der Waals surface area contributed by atoms with Gasteiger partial charge < -0.3 is 4.57 Å². The smallest absolute Gasteiger partial charge is 0.0547 e. The first-order valence-electron chi connectivity index (χ1n) is 12.8. The lowest BCUT2D eigenvalue weighted by Gasteiger charge is -2.13. The molecular formula is C36H24BrN. The molecule has 0 spiro atoms. The van der Waals surface area contributed by atoms with Crippen LogP contribution in [0.25, 0.3) is 60.9 Å². The Hall–Kier alpha value is -4.40. The van der Waals surface area contributed by atoms with Gasteiger partial charge in [0.2, 0.25) is 0 Å². The molecule has 1 aromatic heterocycles. The number of hydrogen-bond acceptors (Lipinski definition) is 0. The summed E-state index contributed by atoms with van der Waals surface area (Å²) < 4.78 is 3.48. The van der Waals surface area contributed by atoms with Crippen LogP contribution in [0.4, 0.5) is 0 Å². The number of nitrogens with zero attached hydrogens (tertiary/aromatic N) is 1. The molecule has 0 aliphatic rings. The van der Waals surface area contributed by atoms with Crippen molar-refractivity contribution in [2.75, 3.05) is 0 Å². The summed E-state index contributed by atoms with van der Waals surface area (Å²) in [6.07, 6.45) is 0. The summed E-state index contributed by atoms with van der Waals surface area (Å²) in [4.78, 5) is 0. The zero-order chi connectivity index (χ0) is 25.5. The molecule has 0 amide bonds. The Bertz CT molecular complexity index is 1900. The van der Waals surface area contributed by atoms with Gasteiger partial charge >= 0.3 is 0 Å². The van der Waals surface area contributed by atoms with Crippen molar-refractivity contribution in [1.82, 2.24) is 4.57 Å². The molecule has 0 fully saturated rings. The minimum Gasteiger partial charge on any atom is -0.309 e. The van der Waals surface area contributed by atoms with Crippen molar-refractivity contribution in [2.24, 2.45) is 0 Å². The van der Waals surface area contributed by atoms with Crippen LogP contribution < -0.4 is 0 Å². The van der Waals surface area contributed by atoms with Crippen molar-refractivity contribution in [3.05, 3.63) is 150 Å². The van der Waals surface area contributed by atoms with Gasteiger partial charge in [-0.2, -0.15) is 0 Å². The second-order valence-electron chi connectivity index (χ2n) is 9.55. The summed E-state index contributed by atoms with van der Waals surface area (Å²) in [5, 5.41) is 2.53. The molecule has 0 saturated heterocycles. The number of fused-ring (bicyclic) bond motifs is 3. The molecule has 0 unspecified atom stereocenters. The number of benzene rings is 6. The van der Waals surface area contributed by atoms with Crippen LogP contribution in [0, 0.1) is 0 Å². The highest BCUT2D eigenvalue weighted by Gasteiger charge is 2.15. The van der Waals surface area contributed by atoms with Gasteiger partial charge in [0.05, 0.1) is 11.0 Å². The third kappa shape index (κ3) is 3.95. The number of halogens is 1. The van der Waals surface area contributed by atoms with Crippen LogP contribution in [0.3, 0.4) is 0 Å². The molecule has 0 saturated carbocycles. The Kier molecular flexibility index (Phi) is 5.68. The third-order valence-corrected chi connectivity index (χ3v) is 7.83. The highest BCUT2D eigenvalue weighted by molar-refractivity contribution is 9.10. The fraction of sp³-hybridized carbons (Fsp3) is 0. The highest BCUT2D eigenvalue weighted by atomic mass is 79.9. The Balaban J connectivity index is 1.42. The molecule has 0 atom stereocenters. The van der Waals surface area contributed by atoms with Crippen molar-refractivity contribution < 1.29 is 0 Å². The van der Waals surface area contributed by atoms with E-state index in [1.807, 2.05) is 0 Å². The van der Waals surface area contributed by atoms with Crippen molar-refractivity contribution in [1.29, 1.82) is 0 Å². The molecule has 0 radical (unpaired) electrons. The lowest BCUT2D eigenvalue weighted by molar-refractivity contribution is 1.18. The van der Waals surface area contributed by atoms with Gasteiger partial charge in [-0.05, 0) is 69.8 Å². The van der Waals surface area contributed by atoms with Crippen molar-refractivity contribution in [3.8, 4) is 39.1 Å². The topological polar surface area (TPSA) is 4.93 Å². The van der Waals surface area contributed by atoms with E-state index < -0.39 is 0 Å². The molecule has 0 aliphatic carbocycles. The second kappa shape index (κ2) is 9.48. The van der Waals surface area contributed by atoms with Gasteiger partial charge in [-0.3, -0.25) is 0 Å². The van der Waals surface area contributed by atoms with Gasteiger partial charge in [0.25, 0.3) is 0 Å². The molecular weight excluding hydrogens is 526 g/mol. The van der Waals surface area contributed by atoms with Crippen LogP contribution in [-0.2, 0) is 0 Å². The molecule has 7 aromatic rings. The molecule has 6 aromatic carbocycles. The molecule has 0 aliphatic heterocycles. The van der Waals surface area contributed by atoms with Gasteiger partial charge in [-0.1, -0.05) is 125 Å². The van der Waals surface area contributed by atoms with Crippen molar-refractivity contribution in [2.45, 2.75) is 0 Å². The summed E-state index contributed by atoms with van der Waals surface area (Å²) in [6, 6.07) is 52.3. The van der Waals surface area contributed by atoms with Crippen LogP contribution in [0.1, 0.15) is 0 Å². The van der Waals surface area contributed by atoms with E-state index >= 15 is 0 Å². The van der Waals surface area contributed by atoms with Gasteiger partial charge in [-0.25, -0.2) is 0 Å². The summed E-state index contributed by atoms with van der Waals surface area (Å²) in [7, 11) is 0. The van der Waals surface area contributed by atoms with Gasteiger partial charge in [0.15, 0.2) is 0 Å². The van der Waals surface area contributed by atoms with Gasteiger partial charge in [0.1, 0.15) is 0 Å². The minimum absolute atomic E-state index is 1.09. The number of para-hydroxylation sites is 1. The van der Waals surface area contributed by atoms with E-state index in [9.17, 15) is 0 Å². The van der Waals surface area contributed by atoms with E-state index in [2.05, 4.69) is 166 Å². The van der Waals surface area contributed by atoms with Crippen LogP contribution in [0.2, 0.25) is 0 Å². The largest absolute Gasteiger partial charge is 0.309 e. The fourth-order valence-electron chi connectivity index (χ4n) is 5.47. The molecule has 180 valence electrons. The molecule has 1 nitrogen and oxygen atoms in total. The van der Waals surface area contributed by atoms with E-state index in [1.165, 1.54) is 55.2 Å². The minimum atomic E-state index is 1.09. The summed E-state index contributed by atoms with van der Waals surface area (Å²) in [5.74, 6) is 0. The Morgan fingerprint density at radius 3 is 1.71 bits per heavy atom. The zero-order valence-electron chi connectivity index (χ0n) is 20.7. The number of hydrogen-bond donors (Lipinski definition) is 0. The van der Waals surface area contributed by atoms with E-state index in [-0.39, 0.29) is 0 Å². The maximum Gasteiger partial charge on any atom is 0.0547 e. The quantitative estimate of drug-likeness (QED) is 0.205. The normalized spacial score (nSPS) is 11.3. The lowest BCUT2D eigenvalue weighted by Crippen LogP contribution is -1.94. The highest BCUT2D eigenvalue weighted by Crippen LogP contribution is 2.38. The van der Waals surface area contributed by atoms with Crippen molar-refractivity contribution >= 4 is 37.7 Å². The van der Waals surface area contributed by atoms with Crippen LogP contribution in [0.5, 0.6) is 0 Å². The molecule has 2 heteroatoms. The zero-order valence-corrected chi connectivity index (χ0v) is 22.3. The average Bonchev–Trinajstić information content (AvgIpc) is 3.32. The Morgan fingerprint density at radius 1 is 0.395 bits per heavy atom. The fourth-order valence-corrected chi connectivity index (χ4v) is 5.73. The van der Waals surface area contributed by atoms with Gasteiger partial charge in [0, 0.05) is 20.9 Å². The molecule has 7 rings (SSSR count). The molecule has 38 heavy (non-hydrogen) atoms. The predicted molar refractivity (Wildman–Crippen MR) is 165 cm³/mol. The summed E-state index contributed by atoms with van der Waals surface area (Å²) in [6.45, 7) is 0. The summed E-state index contributed by atoms with van der Waals surface area (Å²) >= 11 is 3.57. The van der Waals surface area contributed by atoms with E-state index in [0.717, 1.165) is 10.2 Å². The number of aromatic nitrogens is 1. The van der Waals surface area contributed by atoms with E-state index in [1.54, 1.807) is 0 Å². The Labute approximate surface area is 230 Å². The van der Waals surface area contributed by atoms with Crippen LogP contribution >= 0.6 is 15.9 Å². The maximum atomic E-state index is 3.57. The first-order valence-corrected chi connectivity index (χ1v) is 13.6. The third-order valence-electron chi connectivity index (χ3n) is 7.30. The van der Waals surface area contributed by atoms with Gasteiger partial charge in [-0.15, -0.1) is 0 Å². The van der Waals surface area contributed by atoms with Crippen LogP contribution in [-0.4, -0.2) is 4.57 Å². The molecule has 0 N–H and O–H groups in total. The maximum absolute atomic E-state index is 3.57. The van der Waals surface area contributed by atoms with Crippen molar-refractivity contribution in [3.63, 3.8) is 0 Å². The predicted octanol–water partition coefficient (Wildman–Crippen LogP) is 10.5. The first kappa shape index (κ1) is 22.8. The average molecular weight is 550 g/mol. The number of rotatable bonds is 4. The SMILES string of the molecule is Brc1ccc(-c2ccccc2-c2ccc3c4ccccc4n(-c4ccc(-c5ccccc5)cc4)c3c2)cc1. The standard InChI is InChI=1S/C36H24BrN/c37-29-19-14-27(15-20-29)31-10-4-5-11-32(31)28-18-23-34-33-12-6-7-13-35(33)38(36(34)24-28)30-21-16-26(17-22-30)25-8-2-1-3-9-25/h1-24H. The van der Waals surface area contributed by atoms with Crippen LogP contribution in [0.15, 0.2) is 150 Å². The van der Waals surface area contributed by atoms with E-state index in [0.29, 0.717) is 0 Å². The van der Waals surface area contributed by atoms with E-state index in [4.69, 9.17) is 0 Å². The molecule has 1 heterocycles. The second-order valence-corrected chi connectivity index (χ2v) is 10.5. The first-order chi connectivity index (χ1) is 18.8.